The summed E-state index contributed by atoms with van der Waals surface area (Å²) in [5, 5.41) is 2.84. The van der Waals surface area contributed by atoms with Gasteiger partial charge in [0.05, 0.1) is 30.8 Å². The van der Waals surface area contributed by atoms with Crippen molar-refractivity contribution in [3.63, 3.8) is 0 Å². The molecule has 0 radical (unpaired) electrons. The zero-order valence-electron chi connectivity index (χ0n) is 12.4. The second kappa shape index (κ2) is 7.22. The molecular formula is C16H21NO4. The molecule has 5 heteroatoms. The molecule has 1 fully saturated rings. The maximum atomic E-state index is 12.0. The van der Waals surface area contributed by atoms with Crippen LogP contribution in [0.3, 0.4) is 0 Å². The van der Waals surface area contributed by atoms with Gasteiger partial charge in [0.2, 0.25) is 5.91 Å². The minimum atomic E-state index is -0.340. The fourth-order valence-electron chi connectivity index (χ4n) is 2.21. The fourth-order valence-corrected chi connectivity index (χ4v) is 2.21. The molecular weight excluding hydrogens is 270 g/mol. The van der Waals surface area contributed by atoms with Gasteiger partial charge in [0.15, 0.2) is 0 Å². The normalized spacial score (nSPS) is 21.0. The molecule has 21 heavy (non-hydrogen) atoms. The molecule has 2 atom stereocenters. The van der Waals surface area contributed by atoms with E-state index in [4.69, 9.17) is 9.47 Å². The lowest BCUT2D eigenvalue weighted by molar-refractivity contribution is -0.119. The summed E-state index contributed by atoms with van der Waals surface area (Å²) in [6, 6.07) is 6.72. The van der Waals surface area contributed by atoms with Crippen LogP contribution in [0.15, 0.2) is 24.3 Å². The van der Waals surface area contributed by atoms with E-state index in [2.05, 4.69) is 5.32 Å². The highest BCUT2D eigenvalue weighted by molar-refractivity contribution is 5.94. The van der Waals surface area contributed by atoms with Crippen molar-refractivity contribution < 1.29 is 19.1 Å². The Hall–Kier alpha value is -1.88. The zero-order valence-corrected chi connectivity index (χ0v) is 12.4. The van der Waals surface area contributed by atoms with E-state index < -0.39 is 0 Å². The number of anilines is 1. The Morgan fingerprint density at radius 1 is 1.33 bits per heavy atom. The Morgan fingerprint density at radius 2 is 2.05 bits per heavy atom. The van der Waals surface area contributed by atoms with Gasteiger partial charge in [-0.25, -0.2) is 4.79 Å². The SMILES string of the molecule is CCCOC(=O)c1ccc(NC(=O)C2COC(C)C2)cc1. The number of carbonyl (C=O) groups is 2. The van der Waals surface area contributed by atoms with E-state index in [1.54, 1.807) is 24.3 Å². The lowest BCUT2D eigenvalue weighted by Gasteiger charge is -2.10. The van der Waals surface area contributed by atoms with Crippen LogP contribution in [0.25, 0.3) is 0 Å². The molecule has 1 N–H and O–H groups in total. The second-order valence-corrected chi connectivity index (χ2v) is 5.28. The summed E-state index contributed by atoms with van der Waals surface area (Å²) in [7, 11) is 0. The molecule has 1 aromatic carbocycles. The Balaban J connectivity index is 1.90. The van der Waals surface area contributed by atoms with Crippen LogP contribution >= 0.6 is 0 Å². The molecule has 1 aliphatic rings. The van der Waals surface area contributed by atoms with Gasteiger partial charge in [-0.3, -0.25) is 4.79 Å². The van der Waals surface area contributed by atoms with Crippen molar-refractivity contribution in [1.29, 1.82) is 0 Å². The molecule has 5 nitrogen and oxygen atoms in total. The highest BCUT2D eigenvalue weighted by Gasteiger charge is 2.28. The molecule has 1 aliphatic heterocycles. The van der Waals surface area contributed by atoms with Gasteiger partial charge in [-0.05, 0) is 44.0 Å². The Labute approximate surface area is 124 Å². The molecule has 1 heterocycles. The van der Waals surface area contributed by atoms with E-state index in [1.807, 2.05) is 13.8 Å². The van der Waals surface area contributed by atoms with Gasteiger partial charge in [-0.15, -0.1) is 0 Å². The topological polar surface area (TPSA) is 64.6 Å². The van der Waals surface area contributed by atoms with Crippen LogP contribution in [0.2, 0.25) is 0 Å². The van der Waals surface area contributed by atoms with Gasteiger partial charge in [0, 0.05) is 5.69 Å². The fraction of sp³-hybridized carbons (Fsp3) is 0.500. The third-order valence-corrected chi connectivity index (χ3v) is 3.39. The minimum absolute atomic E-state index is 0.0411. The number of carbonyl (C=O) groups excluding carboxylic acids is 2. The lowest BCUT2D eigenvalue weighted by Crippen LogP contribution is -2.23. The first-order valence-corrected chi connectivity index (χ1v) is 7.29. The summed E-state index contributed by atoms with van der Waals surface area (Å²) >= 11 is 0. The third kappa shape index (κ3) is 4.29. The Bertz CT molecular complexity index is 498. The maximum Gasteiger partial charge on any atom is 0.338 e. The Kier molecular flexibility index (Phi) is 5.33. The van der Waals surface area contributed by atoms with Gasteiger partial charge in [0.1, 0.15) is 0 Å². The number of esters is 1. The first-order valence-electron chi connectivity index (χ1n) is 7.29. The zero-order chi connectivity index (χ0) is 15.2. The molecule has 0 spiro atoms. The number of amides is 1. The van der Waals surface area contributed by atoms with Crippen LogP contribution in [0.4, 0.5) is 5.69 Å². The molecule has 0 bridgehead atoms. The standard InChI is InChI=1S/C16H21NO4/c1-3-8-20-16(19)12-4-6-14(7-5-12)17-15(18)13-9-11(2)21-10-13/h4-7,11,13H,3,8-10H2,1-2H3,(H,17,18). The van der Waals surface area contributed by atoms with Crippen LogP contribution in [-0.4, -0.2) is 31.2 Å². The van der Waals surface area contributed by atoms with Crippen molar-refractivity contribution in [2.45, 2.75) is 32.8 Å². The largest absolute Gasteiger partial charge is 0.462 e. The van der Waals surface area contributed by atoms with Crippen LogP contribution in [0, 0.1) is 5.92 Å². The molecule has 1 amide bonds. The minimum Gasteiger partial charge on any atom is -0.462 e. The summed E-state index contributed by atoms with van der Waals surface area (Å²) in [5.74, 6) is -0.484. The van der Waals surface area contributed by atoms with Crippen LogP contribution in [0.5, 0.6) is 0 Å². The van der Waals surface area contributed by atoms with Crippen LogP contribution in [-0.2, 0) is 14.3 Å². The van der Waals surface area contributed by atoms with E-state index in [9.17, 15) is 9.59 Å². The molecule has 2 rings (SSSR count). The van der Waals surface area contributed by atoms with Crippen molar-refractivity contribution in [2.75, 3.05) is 18.5 Å². The summed E-state index contributed by atoms with van der Waals surface area (Å²) in [6.07, 6.45) is 1.67. The van der Waals surface area contributed by atoms with Crippen molar-refractivity contribution in [3.8, 4) is 0 Å². The van der Waals surface area contributed by atoms with E-state index in [-0.39, 0.29) is 23.9 Å². The molecule has 2 unspecified atom stereocenters. The smallest absolute Gasteiger partial charge is 0.338 e. The number of hydrogen-bond donors (Lipinski definition) is 1. The molecule has 1 aromatic rings. The average molecular weight is 291 g/mol. The Morgan fingerprint density at radius 3 is 2.62 bits per heavy atom. The first-order chi connectivity index (χ1) is 10.1. The monoisotopic (exact) mass is 291 g/mol. The van der Waals surface area contributed by atoms with Crippen LogP contribution in [0.1, 0.15) is 37.0 Å². The van der Waals surface area contributed by atoms with Gasteiger partial charge < -0.3 is 14.8 Å². The van der Waals surface area contributed by atoms with E-state index in [0.29, 0.717) is 24.5 Å². The maximum absolute atomic E-state index is 12.0. The highest BCUT2D eigenvalue weighted by Crippen LogP contribution is 2.21. The average Bonchev–Trinajstić information content (AvgIpc) is 2.92. The predicted molar refractivity (Wildman–Crippen MR) is 79.2 cm³/mol. The van der Waals surface area contributed by atoms with Gasteiger partial charge in [-0.1, -0.05) is 6.92 Å². The quantitative estimate of drug-likeness (QED) is 0.847. The van der Waals surface area contributed by atoms with Crippen molar-refractivity contribution in [1.82, 2.24) is 0 Å². The van der Waals surface area contributed by atoms with E-state index in [0.717, 1.165) is 12.8 Å². The highest BCUT2D eigenvalue weighted by atomic mass is 16.5. The van der Waals surface area contributed by atoms with Crippen molar-refractivity contribution in [2.24, 2.45) is 5.92 Å². The molecule has 114 valence electrons. The number of benzene rings is 1. The molecule has 0 saturated carbocycles. The predicted octanol–water partition coefficient (Wildman–Crippen LogP) is 2.62. The molecule has 1 saturated heterocycles. The lowest BCUT2D eigenvalue weighted by atomic mass is 10.1. The molecule has 0 aliphatic carbocycles. The number of nitrogens with one attached hydrogen (secondary N) is 1. The third-order valence-electron chi connectivity index (χ3n) is 3.39. The second-order valence-electron chi connectivity index (χ2n) is 5.28. The number of rotatable bonds is 5. The van der Waals surface area contributed by atoms with Crippen molar-refractivity contribution in [3.05, 3.63) is 29.8 Å². The summed E-state index contributed by atoms with van der Waals surface area (Å²) in [5.41, 5.74) is 1.16. The van der Waals surface area contributed by atoms with Crippen molar-refractivity contribution >= 4 is 17.6 Å². The van der Waals surface area contributed by atoms with Gasteiger partial charge in [-0.2, -0.15) is 0 Å². The number of hydrogen-bond acceptors (Lipinski definition) is 4. The molecule has 0 aromatic heterocycles. The number of ether oxygens (including phenoxy) is 2. The van der Waals surface area contributed by atoms with Gasteiger partial charge >= 0.3 is 5.97 Å². The van der Waals surface area contributed by atoms with Gasteiger partial charge in [0.25, 0.3) is 0 Å². The summed E-state index contributed by atoms with van der Waals surface area (Å²) in [6.45, 7) is 4.79. The van der Waals surface area contributed by atoms with E-state index in [1.165, 1.54) is 0 Å². The van der Waals surface area contributed by atoms with Crippen LogP contribution < -0.4 is 5.32 Å². The first kappa shape index (κ1) is 15.5. The van der Waals surface area contributed by atoms with E-state index >= 15 is 0 Å². The summed E-state index contributed by atoms with van der Waals surface area (Å²) in [4.78, 5) is 23.7. The summed E-state index contributed by atoms with van der Waals surface area (Å²) < 4.78 is 10.4.